The molecule has 3 aliphatic rings. The molecule has 3 aliphatic heterocycles. The number of aliphatic hydroxyl groups excluding tert-OH is 1. The fourth-order valence-electron chi connectivity index (χ4n) is 3.46. The van der Waals surface area contributed by atoms with Crippen LogP contribution < -0.4 is 0 Å². The first-order valence-electron chi connectivity index (χ1n) is 7.03. The molecule has 5 rings (SSSR count). The van der Waals surface area contributed by atoms with E-state index in [-0.39, 0.29) is 6.61 Å². The van der Waals surface area contributed by atoms with E-state index in [9.17, 15) is 5.11 Å². The quantitative estimate of drug-likeness (QED) is 0.808. The molecule has 104 valence electrons. The third-order valence-corrected chi connectivity index (χ3v) is 5.09. The Hall–Kier alpha value is -1.01. The minimum absolute atomic E-state index is 0.0571. The summed E-state index contributed by atoms with van der Waals surface area (Å²) in [6.45, 7) is 2.39. The Morgan fingerprint density at radius 3 is 2.75 bits per heavy atom. The Labute approximate surface area is 131 Å². The van der Waals surface area contributed by atoms with Crippen LogP contribution in [0.25, 0.3) is 16.3 Å². The van der Waals surface area contributed by atoms with Gasteiger partial charge in [-0.1, -0.05) is 0 Å². The molecule has 20 heavy (non-hydrogen) atoms. The molecule has 0 radical (unpaired) electrons. The molecule has 1 fully saturated rings. The summed E-state index contributed by atoms with van der Waals surface area (Å²) in [5.74, 6) is 1.58. The van der Waals surface area contributed by atoms with Crippen molar-refractivity contribution in [3.63, 3.8) is 0 Å². The van der Waals surface area contributed by atoms with Crippen LogP contribution in [0.2, 0.25) is 0 Å². The van der Waals surface area contributed by atoms with Crippen LogP contribution in [0.5, 0.6) is 0 Å². The minimum atomic E-state index is 0.0571. The molecule has 0 saturated carbocycles. The summed E-state index contributed by atoms with van der Waals surface area (Å²) in [5.41, 5.74) is 2.28. The first-order chi connectivity index (χ1) is 9.76. The molecule has 2 bridgehead atoms. The normalized spacial score (nSPS) is 18.9. The van der Waals surface area contributed by atoms with Crippen LogP contribution in [-0.4, -0.2) is 23.1 Å². The number of allylic oxidation sites excluding steroid dienone is 1. The predicted molar refractivity (Wildman–Crippen MR) is 87.1 cm³/mol. The molecule has 2 aromatic rings. The van der Waals surface area contributed by atoms with Crippen LogP contribution in [0.3, 0.4) is 0 Å². The first kappa shape index (κ1) is 12.7. The fourth-order valence-corrected chi connectivity index (χ4v) is 4.17. The van der Waals surface area contributed by atoms with Crippen molar-refractivity contribution in [2.75, 3.05) is 13.1 Å². The molecule has 1 aromatic heterocycles. The van der Waals surface area contributed by atoms with Crippen molar-refractivity contribution in [1.82, 2.24) is 4.90 Å². The van der Waals surface area contributed by atoms with Crippen molar-refractivity contribution in [1.29, 1.82) is 0 Å². The summed E-state index contributed by atoms with van der Waals surface area (Å²) in [5, 5.41) is 11.8. The van der Waals surface area contributed by atoms with E-state index in [1.807, 2.05) is 12.3 Å². The molecular formula is C16H16INO2. The number of nitrogens with zero attached hydrogens (tertiary/aromatic N) is 1. The van der Waals surface area contributed by atoms with E-state index in [0.717, 1.165) is 38.8 Å². The largest absolute Gasteiger partial charge is 0.463 e. The van der Waals surface area contributed by atoms with Gasteiger partial charge in [-0.3, -0.25) is 0 Å². The lowest BCUT2D eigenvalue weighted by atomic mass is 9.83. The highest BCUT2D eigenvalue weighted by atomic mass is 127. The van der Waals surface area contributed by atoms with Gasteiger partial charge in [-0.2, -0.15) is 0 Å². The number of furan rings is 1. The second kappa shape index (κ2) is 4.77. The second-order valence-electron chi connectivity index (χ2n) is 5.65. The SMILES string of the molecule is OCc1cc(I)cc2coc(C3=CN4CCC3CC4)c12. The number of piperidine rings is 1. The van der Waals surface area contributed by atoms with Gasteiger partial charge in [-0.05, 0) is 59.0 Å². The Bertz CT molecular complexity index is 696. The Morgan fingerprint density at radius 2 is 2.10 bits per heavy atom. The lowest BCUT2D eigenvalue weighted by molar-refractivity contribution is 0.249. The topological polar surface area (TPSA) is 36.6 Å². The van der Waals surface area contributed by atoms with Gasteiger partial charge in [0.2, 0.25) is 0 Å². The van der Waals surface area contributed by atoms with Crippen LogP contribution in [0.15, 0.2) is 29.0 Å². The number of halogens is 1. The molecule has 4 heteroatoms. The maximum absolute atomic E-state index is 9.66. The molecule has 0 spiro atoms. The lowest BCUT2D eigenvalue weighted by Crippen LogP contribution is -2.35. The van der Waals surface area contributed by atoms with E-state index in [1.54, 1.807) is 0 Å². The highest BCUT2D eigenvalue weighted by Gasteiger charge is 2.30. The van der Waals surface area contributed by atoms with E-state index >= 15 is 0 Å². The monoisotopic (exact) mass is 381 g/mol. The van der Waals surface area contributed by atoms with Crippen molar-refractivity contribution >= 4 is 38.9 Å². The number of benzene rings is 1. The minimum Gasteiger partial charge on any atom is -0.463 e. The highest BCUT2D eigenvalue weighted by molar-refractivity contribution is 14.1. The molecule has 0 aliphatic carbocycles. The summed E-state index contributed by atoms with van der Waals surface area (Å²) in [6, 6.07) is 4.16. The van der Waals surface area contributed by atoms with Crippen LogP contribution in [0.4, 0.5) is 0 Å². The van der Waals surface area contributed by atoms with Crippen molar-refractivity contribution in [3.05, 3.63) is 39.5 Å². The van der Waals surface area contributed by atoms with E-state index in [2.05, 4.69) is 39.8 Å². The summed E-state index contributed by atoms with van der Waals surface area (Å²) >= 11 is 2.28. The average Bonchev–Trinajstić information content (AvgIpc) is 2.91. The molecule has 3 nitrogen and oxygen atoms in total. The van der Waals surface area contributed by atoms with Gasteiger partial charge in [-0.25, -0.2) is 0 Å². The van der Waals surface area contributed by atoms with Gasteiger partial charge in [0, 0.05) is 39.2 Å². The highest BCUT2D eigenvalue weighted by Crippen LogP contribution is 2.41. The van der Waals surface area contributed by atoms with Crippen molar-refractivity contribution in [3.8, 4) is 0 Å². The van der Waals surface area contributed by atoms with E-state index in [4.69, 9.17) is 4.42 Å². The molecule has 0 atom stereocenters. The number of rotatable bonds is 2. The van der Waals surface area contributed by atoms with Crippen molar-refractivity contribution < 1.29 is 9.52 Å². The molecular weight excluding hydrogens is 365 g/mol. The van der Waals surface area contributed by atoms with Crippen LogP contribution in [0, 0.1) is 9.49 Å². The summed E-state index contributed by atoms with van der Waals surface area (Å²) in [7, 11) is 0. The smallest absolute Gasteiger partial charge is 0.139 e. The van der Waals surface area contributed by atoms with Crippen LogP contribution in [-0.2, 0) is 6.61 Å². The zero-order chi connectivity index (χ0) is 13.7. The van der Waals surface area contributed by atoms with Gasteiger partial charge in [0.25, 0.3) is 0 Å². The maximum Gasteiger partial charge on any atom is 0.139 e. The first-order valence-corrected chi connectivity index (χ1v) is 8.11. The zero-order valence-corrected chi connectivity index (χ0v) is 13.3. The Kier molecular flexibility index (Phi) is 3.03. The summed E-state index contributed by atoms with van der Waals surface area (Å²) in [6.07, 6.45) is 6.51. The standard InChI is InChI=1S/C16H16INO2/c17-13-5-11(8-19)15-12(6-13)9-20-16(15)14-7-18-3-1-10(14)2-4-18/h5-7,9-10,19H,1-4,8H2. The van der Waals surface area contributed by atoms with Gasteiger partial charge in [0.05, 0.1) is 12.9 Å². The van der Waals surface area contributed by atoms with E-state index in [0.29, 0.717) is 5.92 Å². The van der Waals surface area contributed by atoms with Crippen LogP contribution >= 0.6 is 22.6 Å². The molecule has 1 saturated heterocycles. The molecule has 0 unspecified atom stereocenters. The van der Waals surface area contributed by atoms with Crippen LogP contribution in [0.1, 0.15) is 24.2 Å². The third-order valence-electron chi connectivity index (χ3n) is 4.47. The number of fused-ring (bicyclic) bond motifs is 3. The fraction of sp³-hybridized carbons (Fsp3) is 0.375. The number of hydrogen-bond acceptors (Lipinski definition) is 3. The zero-order valence-electron chi connectivity index (χ0n) is 11.1. The lowest BCUT2D eigenvalue weighted by Gasteiger charge is -2.38. The summed E-state index contributed by atoms with van der Waals surface area (Å²) < 4.78 is 7.03. The van der Waals surface area contributed by atoms with Gasteiger partial charge in [0.1, 0.15) is 5.76 Å². The third kappa shape index (κ3) is 1.89. The molecule has 0 amide bonds. The second-order valence-corrected chi connectivity index (χ2v) is 6.89. The van der Waals surface area contributed by atoms with Gasteiger partial charge in [-0.15, -0.1) is 0 Å². The number of aliphatic hydroxyl groups is 1. The number of hydrogen-bond donors (Lipinski definition) is 1. The Morgan fingerprint density at radius 1 is 1.30 bits per heavy atom. The predicted octanol–water partition coefficient (Wildman–Crippen LogP) is 3.60. The molecule has 1 aromatic carbocycles. The van der Waals surface area contributed by atoms with Crippen molar-refractivity contribution in [2.24, 2.45) is 5.92 Å². The van der Waals surface area contributed by atoms with E-state index < -0.39 is 0 Å². The average molecular weight is 381 g/mol. The van der Waals surface area contributed by atoms with Gasteiger partial charge in [0.15, 0.2) is 0 Å². The van der Waals surface area contributed by atoms with Crippen molar-refractivity contribution in [2.45, 2.75) is 19.4 Å². The molecule has 1 N–H and O–H groups in total. The summed E-state index contributed by atoms with van der Waals surface area (Å²) in [4.78, 5) is 2.38. The van der Waals surface area contributed by atoms with Gasteiger partial charge >= 0.3 is 0 Å². The maximum atomic E-state index is 9.66. The Balaban J connectivity index is 1.93. The van der Waals surface area contributed by atoms with Gasteiger partial charge < -0.3 is 14.4 Å². The van der Waals surface area contributed by atoms with E-state index in [1.165, 1.54) is 18.4 Å². The molecule has 4 heterocycles.